The number of carbonyl (C=O) groups is 2. The number of ether oxygens (including phenoxy) is 1. The van der Waals surface area contributed by atoms with Crippen LogP contribution in [-0.2, 0) is 28.9 Å². The largest absolute Gasteiger partial charge is 0.481 e. The highest BCUT2D eigenvalue weighted by Gasteiger charge is 2.13. The smallest absolute Gasteiger partial charge is 0.320 e. The lowest BCUT2D eigenvalue weighted by molar-refractivity contribution is -0.139. The van der Waals surface area contributed by atoms with E-state index >= 15 is 0 Å². The summed E-state index contributed by atoms with van der Waals surface area (Å²) in [4.78, 5) is 21.3. The summed E-state index contributed by atoms with van der Waals surface area (Å²) in [7, 11) is 0. The molecule has 0 aliphatic carbocycles. The topological polar surface area (TPSA) is 177 Å². The van der Waals surface area contributed by atoms with E-state index < -0.39 is 18.0 Å². The highest BCUT2D eigenvalue weighted by molar-refractivity contribution is 5.86. The molecule has 0 bridgehead atoms. The number of rotatable bonds is 14. The van der Waals surface area contributed by atoms with Crippen molar-refractivity contribution in [2.45, 2.75) is 44.6 Å². The van der Waals surface area contributed by atoms with Crippen LogP contribution in [0.15, 0.2) is 109 Å². The first-order valence-electron chi connectivity index (χ1n) is 15.5. The third-order valence-electron chi connectivity index (χ3n) is 7.52. The molecule has 47 heavy (non-hydrogen) atoms. The van der Waals surface area contributed by atoms with Crippen molar-refractivity contribution in [2.75, 3.05) is 6.54 Å². The summed E-state index contributed by atoms with van der Waals surface area (Å²) in [5, 5.41) is 28.0. The zero-order valence-electron chi connectivity index (χ0n) is 26.1. The van der Waals surface area contributed by atoms with Crippen LogP contribution in [0.3, 0.4) is 0 Å². The fourth-order valence-corrected chi connectivity index (χ4v) is 5.06. The second-order valence-corrected chi connectivity index (χ2v) is 11.1. The molecule has 0 saturated carbocycles. The molecule has 0 aliphatic rings. The number of aliphatic carboxylic acids is 2. The molecule has 0 aliphatic heterocycles. The molecule has 5 aromatic rings. The molecule has 4 aromatic carbocycles. The number of nitrogens with two attached hydrogens (primary N) is 2. The Morgan fingerprint density at radius 3 is 2.13 bits per heavy atom. The van der Waals surface area contributed by atoms with Crippen LogP contribution in [0.1, 0.15) is 36.0 Å². The molecular formula is C37H41N5O5. The van der Waals surface area contributed by atoms with Crippen molar-refractivity contribution in [1.82, 2.24) is 9.88 Å². The summed E-state index contributed by atoms with van der Waals surface area (Å²) in [6, 6.07) is 33.8. The minimum atomic E-state index is -1.00. The van der Waals surface area contributed by atoms with Crippen molar-refractivity contribution in [3.63, 3.8) is 0 Å². The second-order valence-electron chi connectivity index (χ2n) is 11.1. The average Bonchev–Trinajstić information content (AvgIpc) is 3.44. The molecule has 0 amide bonds. The van der Waals surface area contributed by atoms with E-state index in [-0.39, 0.29) is 12.4 Å². The van der Waals surface area contributed by atoms with Crippen molar-refractivity contribution in [1.29, 1.82) is 5.41 Å². The van der Waals surface area contributed by atoms with Crippen LogP contribution >= 0.6 is 0 Å². The number of aromatic nitrogens is 1. The Kier molecular flexibility index (Phi) is 12.5. The van der Waals surface area contributed by atoms with Crippen LogP contribution in [0.4, 0.5) is 0 Å². The molecule has 0 saturated heterocycles. The summed E-state index contributed by atoms with van der Waals surface area (Å²) < 4.78 is 8.17. The Morgan fingerprint density at radius 1 is 0.830 bits per heavy atom. The summed E-state index contributed by atoms with van der Waals surface area (Å²) in [6.45, 7) is 0.482. The van der Waals surface area contributed by atoms with Gasteiger partial charge < -0.3 is 36.3 Å². The molecule has 1 heterocycles. The Morgan fingerprint density at radius 2 is 1.49 bits per heavy atom. The van der Waals surface area contributed by atoms with Crippen molar-refractivity contribution < 1.29 is 24.5 Å². The fraction of sp³-hybridized carbons (Fsp3) is 0.216. The van der Waals surface area contributed by atoms with E-state index in [1.807, 2.05) is 54.6 Å². The molecule has 1 atom stereocenters. The molecule has 0 spiro atoms. The van der Waals surface area contributed by atoms with Crippen molar-refractivity contribution in [3.05, 3.63) is 126 Å². The first-order chi connectivity index (χ1) is 22.7. The summed E-state index contributed by atoms with van der Waals surface area (Å²) in [5.41, 5.74) is 16.0. The third-order valence-corrected chi connectivity index (χ3v) is 7.52. The van der Waals surface area contributed by atoms with Crippen LogP contribution in [0.2, 0.25) is 0 Å². The Bertz CT molecular complexity index is 1760. The zero-order valence-corrected chi connectivity index (χ0v) is 26.1. The zero-order chi connectivity index (χ0) is 33.6. The number of fused-ring (bicyclic) bond motifs is 1. The van der Waals surface area contributed by atoms with Gasteiger partial charge in [-0.25, -0.2) is 0 Å². The van der Waals surface area contributed by atoms with Crippen molar-refractivity contribution in [3.8, 4) is 17.2 Å². The lowest BCUT2D eigenvalue weighted by Gasteiger charge is -2.09. The van der Waals surface area contributed by atoms with Gasteiger partial charge in [0, 0.05) is 30.2 Å². The maximum Gasteiger partial charge on any atom is 0.320 e. The lowest BCUT2D eigenvalue weighted by atomic mass is 10.0. The number of nitrogens with one attached hydrogen (secondary N) is 2. The second kappa shape index (κ2) is 17.2. The van der Waals surface area contributed by atoms with Crippen LogP contribution in [0.5, 0.6) is 11.5 Å². The molecule has 0 unspecified atom stereocenters. The van der Waals surface area contributed by atoms with E-state index in [1.165, 1.54) is 16.5 Å². The first-order valence-corrected chi connectivity index (χ1v) is 15.5. The molecule has 1 aromatic heterocycles. The number of carboxylic acids is 2. The molecule has 244 valence electrons. The fourth-order valence-electron chi connectivity index (χ4n) is 5.06. The summed E-state index contributed by atoms with van der Waals surface area (Å²) >= 11 is 0. The SMILES string of the molecule is N=C(N)NCCC[C@H](N)C(=O)O.O=C(O)CCc1ccc2c(c1)c(CCc1ccccc1)cn2-c1ccc(Oc2ccccc2)cc1. The number of hydrogen-bond donors (Lipinski definition) is 6. The van der Waals surface area contributed by atoms with Gasteiger partial charge in [0.1, 0.15) is 17.5 Å². The van der Waals surface area contributed by atoms with E-state index in [4.69, 9.17) is 31.8 Å². The monoisotopic (exact) mass is 635 g/mol. The highest BCUT2D eigenvalue weighted by atomic mass is 16.5. The van der Waals surface area contributed by atoms with Gasteiger partial charge in [-0.05, 0) is 97.3 Å². The molecule has 10 heteroatoms. The minimum Gasteiger partial charge on any atom is -0.481 e. The van der Waals surface area contributed by atoms with Gasteiger partial charge in [0.2, 0.25) is 0 Å². The van der Waals surface area contributed by atoms with E-state index in [2.05, 4.69) is 64.6 Å². The van der Waals surface area contributed by atoms with Crippen LogP contribution in [0.25, 0.3) is 16.6 Å². The predicted molar refractivity (Wildman–Crippen MR) is 184 cm³/mol. The predicted octanol–water partition coefficient (Wildman–Crippen LogP) is 5.89. The maximum absolute atomic E-state index is 11.1. The van der Waals surface area contributed by atoms with Gasteiger partial charge in [-0.15, -0.1) is 0 Å². The number of para-hydroxylation sites is 1. The molecule has 0 fully saturated rings. The van der Waals surface area contributed by atoms with Crippen LogP contribution < -0.4 is 21.5 Å². The average molecular weight is 636 g/mol. The van der Waals surface area contributed by atoms with Gasteiger partial charge in [-0.2, -0.15) is 0 Å². The van der Waals surface area contributed by atoms with E-state index in [1.54, 1.807) is 0 Å². The molecule has 10 nitrogen and oxygen atoms in total. The van der Waals surface area contributed by atoms with Crippen molar-refractivity contribution in [2.24, 2.45) is 11.5 Å². The Balaban J connectivity index is 0.000000356. The molecule has 8 N–H and O–H groups in total. The Hall–Kier alpha value is -5.61. The van der Waals surface area contributed by atoms with Gasteiger partial charge in [-0.3, -0.25) is 15.0 Å². The first kappa shape index (κ1) is 34.3. The van der Waals surface area contributed by atoms with Gasteiger partial charge in [0.05, 0.1) is 5.52 Å². The van der Waals surface area contributed by atoms with E-state index in [9.17, 15) is 9.59 Å². The Labute approximate surface area is 274 Å². The summed E-state index contributed by atoms with van der Waals surface area (Å²) in [6.07, 6.45) is 5.70. The van der Waals surface area contributed by atoms with Crippen molar-refractivity contribution >= 4 is 28.8 Å². The van der Waals surface area contributed by atoms with Crippen LogP contribution in [-0.4, -0.2) is 45.3 Å². The number of nitrogens with zero attached hydrogens (tertiary/aromatic N) is 1. The van der Waals surface area contributed by atoms with E-state index in [0.29, 0.717) is 25.8 Å². The van der Waals surface area contributed by atoms with Gasteiger partial charge in [0.15, 0.2) is 5.96 Å². The number of carboxylic acid groups (broad SMARTS) is 2. The molecular weight excluding hydrogens is 594 g/mol. The number of aryl methyl sites for hydroxylation is 3. The number of benzene rings is 4. The molecule has 5 rings (SSSR count). The van der Waals surface area contributed by atoms with Gasteiger partial charge >= 0.3 is 11.9 Å². The van der Waals surface area contributed by atoms with E-state index in [0.717, 1.165) is 41.1 Å². The number of hydrogen-bond acceptors (Lipinski definition) is 5. The standard InChI is InChI=1S/C31H27NO3.C6H14N4O2/c33-31(34)20-13-24-12-19-30-29(21-24)25(14-11-23-7-3-1-4-8-23)22-32(30)26-15-17-28(18-16-26)35-27-9-5-2-6-10-27;7-4(5(11)12)2-1-3-10-6(8)9/h1-10,12,15-19,21-22H,11,13-14,20H2,(H,33,34);4H,1-3,7H2,(H,11,12)(H4,8,9,10)/t;4-/m.0/s1. The molecule has 0 radical (unpaired) electrons. The van der Waals surface area contributed by atoms with Gasteiger partial charge in [-0.1, -0.05) is 54.6 Å². The number of guanidine groups is 1. The third kappa shape index (κ3) is 10.8. The lowest BCUT2D eigenvalue weighted by Crippen LogP contribution is -2.34. The minimum absolute atomic E-state index is 0.112. The summed E-state index contributed by atoms with van der Waals surface area (Å²) in [5.74, 6) is -0.290. The highest BCUT2D eigenvalue weighted by Crippen LogP contribution is 2.29. The maximum atomic E-state index is 11.1. The van der Waals surface area contributed by atoms with Crippen LogP contribution in [0, 0.1) is 5.41 Å². The van der Waals surface area contributed by atoms with Gasteiger partial charge in [0.25, 0.3) is 0 Å². The quantitative estimate of drug-likeness (QED) is 0.0497. The normalized spacial score (nSPS) is 11.3.